The first kappa shape index (κ1) is 22.8. The Morgan fingerprint density at radius 1 is 1.14 bits per heavy atom. The van der Waals surface area contributed by atoms with Gasteiger partial charge in [0.15, 0.2) is 0 Å². The summed E-state index contributed by atoms with van der Waals surface area (Å²) >= 11 is 0. The van der Waals surface area contributed by atoms with Crippen molar-refractivity contribution >= 4 is 15.9 Å². The monoisotopic (exact) mass is 413 g/mol. The van der Waals surface area contributed by atoms with Crippen molar-refractivity contribution < 1.29 is 17.6 Å². The summed E-state index contributed by atoms with van der Waals surface area (Å²) in [4.78, 5) is 16.1. The summed E-state index contributed by atoms with van der Waals surface area (Å²) in [5, 5.41) is 0. The Morgan fingerprint density at radius 2 is 1.79 bits per heavy atom. The molecule has 0 atom stereocenters. The van der Waals surface area contributed by atoms with Crippen LogP contribution >= 0.6 is 0 Å². The molecule has 1 aliphatic rings. The molecule has 1 N–H and O–H groups in total. The summed E-state index contributed by atoms with van der Waals surface area (Å²) in [6.07, 6.45) is 3.58. The molecule has 0 aromatic heterocycles. The molecule has 0 unspecified atom stereocenters. The van der Waals surface area contributed by atoms with Crippen LogP contribution in [0.25, 0.3) is 0 Å². The number of rotatable bonds is 9. The molecule has 158 valence electrons. The van der Waals surface area contributed by atoms with Gasteiger partial charge in [-0.25, -0.2) is 17.5 Å². The predicted octanol–water partition coefficient (Wildman–Crippen LogP) is 2.21. The summed E-state index contributed by atoms with van der Waals surface area (Å²) in [7, 11) is 0.00588. The van der Waals surface area contributed by atoms with Crippen molar-refractivity contribution in [1.29, 1.82) is 0 Å². The fourth-order valence-corrected chi connectivity index (χ4v) is 4.71. The van der Waals surface area contributed by atoms with Crippen LogP contribution in [0.4, 0.5) is 4.39 Å². The van der Waals surface area contributed by atoms with E-state index in [1.54, 1.807) is 18.2 Å². The molecule has 2 rings (SSSR count). The van der Waals surface area contributed by atoms with E-state index in [1.807, 2.05) is 19.0 Å². The van der Waals surface area contributed by atoms with Crippen molar-refractivity contribution in [3.63, 3.8) is 0 Å². The highest BCUT2D eigenvalue weighted by Crippen LogP contribution is 2.24. The standard InChI is InChI=1S/C20H32FN3O3S/c1-16-8-10-18(11-9-16)22-28(26,27)15-20(25)24(13-12-23(2)3)14-17-6-4-5-7-19(17)21/h4-7,16,18,22H,8-15H2,1-3H3. The third-order valence-electron chi connectivity index (χ3n) is 5.16. The third kappa shape index (κ3) is 7.48. The number of halogens is 1. The lowest BCUT2D eigenvalue weighted by molar-refractivity contribution is -0.129. The van der Waals surface area contributed by atoms with Crippen molar-refractivity contribution in [2.75, 3.05) is 32.9 Å². The summed E-state index contributed by atoms with van der Waals surface area (Å²) in [5.41, 5.74) is 0.376. The fraction of sp³-hybridized carbons (Fsp3) is 0.650. The van der Waals surface area contributed by atoms with Gasteiger partial charge in [0.25, 0.3) is 0 Å². The fourth-order valence-electron chi connectivity index (χ4n) is 3.37. The Morgan fingerprint density at radius 3 is 2.39 bits per heavy atom. The number of hydrogen-bond donors (Lipinski definition) is 1. The number of benzene rings is 1. The van der Waals surface area contributed by atoms with Gasteiger partial charge in [-0.2, -0.15) is 0 Å². The minimum absolute atomic E-state index is 0.0514. The maximum absolute atomic E-state index is 14.0. The summed E-state index contributed by atoms with van der Waals surface area (Å²) in [6.45, 7) is 3.11. The second-order valence-corrected chi connectivity index (χ2v) is 9.80. The predicted molar refractivity (Wildman–Crippen MR) is 109 cm³/mol. The van der Waals surface area contributed by atoms with E-state index in [9.17, 15) is 17.6 Å². The van der Waals surface area contributed by atoms with Crippen LogP contribution in [-0.4, -0.2) is 63.1 Å². The average Bonchev–Trinajstić information content (AvgIpc) is 2.61. The van der Waals surface area contributed by atoms with Crippen LogP contribution in [0.15, 0.2) is 24.3 Å². The lowest BCUT2D eigenvalue weighted by atomic mass is 9.88. The van der Waals surface area contributed by atoms with E-state index in [4.69, 9.17) is 0 Å². The third-order valence-corrected chi connectivity index (χ3v) is 6.48. The first-order chi connectivity index (χ1) is 13.2. The zero-order chi connectivity index (χ0) is 20.7. The van der Waals surface area contributed by atoms with Crippen molar-refractivity contribution in [3.8, 4) is 0 Å². The molecule has 1 aromatic carbocycles. The lowest BCUT2D eigenvalue weighted by Gasteiger charge is -2.28. The molecule has 0 spiro atoms. The molecule has 0 saturated heterocycles. The highest BCUT2D eigenvalue weighted by molar-refractivity contribution is 7.90. The molecule has 8 heteroatoms. The molecule has 0 bridgehead atoms. The Kier molecular flexibility index (Phi) is 8.39. The Labute approximate surface area is 168 Å². The SMILES string of the molecule is CC1CCC(NS(=O)(=O)CC(=O)N(CCN(C)C)Cc2ccccc2F)CC1. The molecule has 0 aliphatic heterocycles. The van der Waals surface area contributed by atoms with Crippen molar-refractivity contribution in [1.82, 2.24) is 14.5 Å². The van der Waals surface area contributed by atoms with Gasteiger partial charge in [-0.3, -0.25) is 4.79 Å². The van der Waals surface area contributed by atoms with Crippen molar-refractivity contribution in [3.05, 3.63) is 35.6 Å². The van der Waals surface area contributed by atoms with Gasteiger partial charge in [0.1, 0.15) is 11.6 Å². The number of hydrogen-bond acceptors (Lipinski definition) is 4. The van der Waals surface area contributed by atoms with Gasteiger partial charge in [0.05, 0.1) is 0 Å². The number of likely N-dealkylation sites (N-methyl/N-ethyl adjacent to an activating group) is 1. The molecule has 1 aliphatic carbocycles. The van der Waals surface area contributed by atoms with Crippen molar-refractivity contribution in [2.45, 2.75) is 45.2 Å². The number of sulfonamides is 1. The van der Waals surface area contributed by atoms with E-state index in [0.29, 0.717) is 24.6 Å². The molecule has 28 heavy (non-hydrogen) atoms. The van der Waals surface area contributed by atoms with E-state index in [1.165, 1.54) is 11.0 Å². The van der Waals surface area contributed by atoms with Crippen LogP contribution in [0.3, 0.4) is 0 Å². The van der Waals surface area contributed by atoms with Crippen LogP contribution < -0.4 is 4.72 Å². The Hall–Kier alpha value is -1.51. The Bertz CT molecular complexity index is 747. The zero-order valence-corrected chi connectivity index (χ0v) is 17.8. The number of nitrogens with zero attached hydrogens (tertiary/aromatic N) is 2. The topological polar surface area (TPSA) is 69.7 Å². The van der Waals surface area contributed by atoms with E-state index < -0.39 is 27.5 Å². The first-order valence-electron chi connectivity index (χ1n) is 9.82. The van der Waals surface area contributed by atoms with Crippen LogP contribution in [0.5, 0.6) is 0 Å². The number of amides is 1. The maximum Gasteiger partial charge on any atom is 0.239 e. The quantitative estimate of drug-likeness (QED) is 0.674. The molecular formula is C20H32FN3O3S. The zero-order valence-electron chi connectivity index (χ0n) is 17.0. The minimum Gasteiger partial charge on any atom is -0.336 e. The number of carbonyl (C=O) groups is 1. The maximum atomic E-state index is 14.0. The van der Waals surface area contributed by atoms with Gasteiger partial charge < -0.3 is 9.80 Å². The van der Waals surface area contributed by atoms with Gasteiger partial charge in [0, 0.05) is 31.2 Å². The van der Waals surface area contributed by atoms with Crippen LogP contribution in [0, 0.1) is 11.7 Å². The first-order valence-corrected chi connectivity index (χ1v) is 11.5. The van der Waals surface area contributed by atoms with Crippen LogP contribution in [-0.2, 0) is 21.4 Å². The van der Waals surface area contributed by atoms with Gasteiger partial charge in [-0.15, -0.1) is 0 Å². The van der Waals surface area contributed by atoms with Gasteiger partial charge >= 0.3 is 0 Å². The molecule has 1 saturated carbocycles. The minimum atomic E-state index is -3.73. The van der Waals surface area contributed by atoms with Crippen LogP contribution in [0.1, 0.15) is 38.2 Å². The largest absolute Gasteiger partial charge is 0.336 e. The molecule has 1 fully saturated rings. The molecule has 1 amide bonds. The molecule has 6 nitrogen and oxygen atoms in total. The lowest BCUT2D eigenvalue weighted by Crippen LogP contribution is -2.45. The number of carbonyl (C=O) groups excluding carboxylic acids is 1. The summed E-state index contributed by atoms with van der Waals surface area (Å²) in [5.74, 6) is -0.907. The van der Waals surface area contributed by atoms with Gasteiger partial charge in [-0.05, 0) is 51.8 Å². The molecule has 0 heterocycles. The molecular weight excluding hydrogens is 381 g/mol. The summed E-state index contributed by atoms with van der Waals surface area (Å²) < 4.78 is 41.7. The van der Waals surface area contributed by atoms with E-state index >= 15 is 0 Å². The highest BCUT2D eigenvalue weighted by atomic mass is 32.2. The second-order valence-electron chi connectivity index (χ2n) is 8.04. The second kappa shape index (κ2) is 10.3. The summed E-state index contributed by atoms with van der Waals surface area (Å²) in [6, 6.07) is 6.14. The average molecular weight is 414 g/mol. The van der Waals surface area contributed by atoms with Crippen LogP contribution in [0.2, 0.25) is 0 Å². The van der Waals surface area contributed by atoms with Gasteiger partial charge in [0.2, 0.25) is 15.9 Å². The van der Waals surface area contributed by atoms with E-state index in [2.05, 4.69) is 11.6 Å². The van der Waals surface area contributed by atoms with E-state index in [0.717, 1.165) is 25.7 Å². The number of nitrogens with one attached hydrogen (secondary N) is 1. The van der Waals surface area contributed by atoms with E-state index in [-0.39, 0.29) is 12.6 Å². The van der Waals surface area contributed by atoms with Crippen molar-refractivity contribution in [2.24, 2.45) is 5.92 Å². The Balaban J connectivity index is 2.02. The molecule has 1 aromatic rings. The smallest absolute Gasteiger partial charge is 0.239 e. The molecule has 0 radical (unpaired) electrons. The van der Waals surface area contributed by atoms with Gasteiger partial charge in [-0.1, -0.05) is 25.1 Å². The normalized spacial score (nSPS) is 20.3. The highest BCUT2D eigenvalue weighted by Gasteiger charge is 2.27.